The highest BCUT2D eigenvalue weighted by atomic mass is 16.6. The third kappa shape index (κ3) is 4.02. The highest BCUT2D eigenvalue weighted by Gasteiger charge is 2.45. The molecule has 5 atom stereocenters. The van der Waals surface area contributed by atoms with Gasteiger partial charge in [0.05, 0.1) is 12.9 Å². The lowest BCUT2D eigenvalue weighted by Crippen LogP contribution is -2.42. The van der Waals surface area contributed by atoms with E-state index in [2.05, 4.69) is 15.0 Å². The number of nitrogen functional groups attached to an aromatic ring is 1. The molecule has 0 bridgehead atoms. The Labute approximate surface area is 166 Å². The van der Waals surface area contributed by atoms with Gasteiger partial charge < -0.3 is 35.3 Å². The molecule has 2 aromatic rings. The summed E-state index contributed by atoms with van der Waals surface area (Å²) in [6, 6.07) is 0. The molecule has 12 nitrogen and oxygen atoms in total. The Morgan fingerprint density at radius 3 is 2.76 bits per heavy atom. The molecule has 0 saturated carbocycles. The summed E-state index contributed by atoms with van der Waals surface area (Å²) in [6.07, 6.45) is -3.54. The van der Waals surface area contributed by atoms with Crippen LogP contribution in [0.5, 0.6) is 0 Å². The van der Waals surface area contributed by atoms with Gasteiger partial charge in [0.15, 0.2) is 23.8 Å². The minimum atomic E-state index is -1.43. The molecule has 0 amide bonds. The van der Waals surface area contributed by atoms with Gasteiger partial charge >= 0.3 is 5.97 Å². The minimum absolute atomic E-state index is 0.144. The van der Waals surface area contributed by atoms with Crippen molar-refractivity contribution in [2.24, 2.45) is 5.41 Å². The lowest BCUT2D eigenvalue weighted by Gasteiger charge is -2.28. The number of nitrogens with zero attached hydrogens (tertiary/aromatic N) is 4. The van der Waals surface area contributed by atoms with Crippen molar-refractivity contribution in [3.8, 4) is 0 Å². The quantitative estimate of drug-likeness (QED) is 0.394. The molecule has 3 rings (SSSR count). The number of nitrogens with two attached hydrogens (primary N) is 1. The van der Waals surface area contributed by atoms with Gasteiger partial charge in [0, 0.05) is 12.5 Å². The number of hydrogen-bond donors (Lipinski definition) is 4. The second-order valence-electron chi connectivity index (χ2n) is 7.58. The number of hydrogen-bond acceptors (Lipinski definition) is 11. The summed E-state index contributed by atoms with van der Waals surface area (Å²) in [5.41, 5.74) is 5.54. The number of imidazole rings is 1. The first-order valence-electron chi connectivity index (χ1n) is 8.95. The molecule has 3 heterocycles. The average molecular weight is 411 g/mol. The first-order chi connectivity index (χ1) is 13.7. The molecule has 160 valence electrons. The smallest absolute Gasteiger partial charge is 0.335 e. The van der Waals surface area contributed by atoms with Crippen LogP contribution in [0.1, 0.15) is 20.1 Å². The number of esters is 1. The van der Waals surface area contributed by atoms with Crippen LogP contribution >= 0.6 is 0 Å². The third-order valence-corrected chi connectivity index (χ3v) is 4.87. The number of carbonyl (C=O) groups is 1. The fourth-order valence-corrected chi connectivity index (χ4v) is 3.17. The van der Waals surface area contributed by atoms with Gasteiger partial charge in [-0.15, -0.1) is 0 Å². The average Bonchev–Trinajstić information content (AvgIpc) is 3.22. The zero-order valence-electron chi connectivity index (χ0n) is 16.3. The molecule has 2 aromatic heterocycles. The Balaban J connectivity index is 1.68. The fourth-order valence-electron chi connectivity index (χ4n) is 3.17. The fraction of sp³-hybridized carbons (Fsp3) is 0.647. The highest BCUT2D eigenvalue weighted by molar-refractivity contribution is 5.81. The summed E-state index contributed by atoms with van der Waals surface area (Å²) in [6.45, 7) is 3.09. The first kappa shape index (κ1) is 21.3. The van der Waals surface area contributed by atoms with Crippen LogP contribution in [0, 0.1) is 5.41 Å². The molecular formula is C17H25N5O7. The van der Waals surface area contributed by atoms with E-state index in [1.165, 1.54) is 24.3 Å². The second kappa shape index (κ2) is 8.16. The van der Waals surface area contributed by atoms with Gasteiger partial charge in [0.25, 0.3) is 0 Å². The number of aliphatic hydroxyl groups excluding tert-OH is 3. The van der Waals surface area contributed by atoms with E-state index in [1.54, 1.807) is 13.8 Å². The van der Waals surface area contributed by atoms with E-state index >= 15 is 0 Å². The number of aliphatic hydroxyl groups is 3. The van der Waals surface area contributed by atoms with Gasteiger partial charge in [0.1, 0.15) is 36.8 Å². The van der Waals surface area contributed by atoms with E-state index in [1.807, 2.05) is 0 Å². The molecule has 12 heteroatoms. The maximum absolute atomic E-state index is 12.2. The Kier molecular flexibility index (Phi) is 6.00. The van der Waals surface area contributed by atoms with E-state index in [4.69, 9.17) is 19.9 Å². The van der Waals surface area contributed by atoms with Gasteiger partial charge in [-0.05, 0) is 0 Å². The van der Waals surface area contributed by atoms with Crippen molar-refractivity contribution in [1.82, 2.24) is 19.5 Å². The lowest BCUT2D eigenvalue weighted by atomic mass is 9.87. The van der Waals surface area contributed by atoms with Gasteiger partial charge in [-0.1, -0.05) is 13.8 Å². The van der Waals surface area contributed by atoms with E-state index in [9.17, 15) is 20.1 Å². The molecule has 29 heavy (non-hydrogen) atoms. The first-order valence-corrected chi connectivity index (χ1v) is 8.95. The van der Waals surface area contributed by atoms with Gasteiger partial charge in [-0.3, -0.25) is 4.57 Å². The van der Waals surface area contributed by atoms with Crippen LogP contribution in [0.15, 0.2) is 12.7 Å². The van der Waals surface area contributed by atoms with Crippen LogP contribution in [0.25, 0.3) is 11.2 Å². The summed E-state index contributed by atoms with van der Waals surface area (Å²) in [5, 5.41) is 30.9. The van der Waals surface area contributed by atoms with Crippen molar-refractivity contribution in [3.05, 3.63) is 12.7 Å². The SMILES string of the molecule is COCC(C)(C)C(O)C(=O)OC[C@H]1O[C@@H](n2cnc3c(N)ncnc32)[C@H](O)[C@@H]1O. The molecular weight excluding hydrogens is 386 g/mol. The number of aromatic nitrogens is 4. The predicted octanol–water partition coefficient (Wildman–Crippen LogP) is -1.40. The predicted molar refractivity (Wildman–Crippen MR) is 98.3 cm³/mol. The number of carbonyl (C=O) groups excluding carboxylic acids is 1. The largest absolute Gasteiger partial charge is 0.461 e. The monoisotopic (exact) mass is 411 g/mol. The Bertz CT molecular complexity index is 873. The molecule has 0 aliphatic carbocycles. The standard InChI is InChI=1S/C17H25N5O7/c1-17(2,5-27-3)12(25)16(26)28-4-8-10(23)11(24)15(29-8)22-7-21-9-13(18)19-6-20-14(9)22/h6-8,10-12,15,23-25H,4-5H2,1-3H3,(H2,18,19,20)/t8-,10-,11-,12?,15-/m1/s1. The van der Waals surface area contributed by atoms with Crippen molar-refractivity contribution in [2.45, 2.75) is 44.5 Å². The molecule has 1 fully saturated rings. The number of methoxy groups -OCH3 is 1. The van der Waals surface area contributed by atoms with E-state index in [-0.39, 0.29) is 19.0 Å². The molecule has 0 aromatic carbocycles. The number of rotatable bonds is 7. The summed E-state index contributed by atoms with van der Waals surface area (Å²) in [4.78, 5) is 24.2. The molecule has 1 unspecified atom stereocenters. The van der Waals surface area contributed by atoms with E-state index < -0.39 is 42.0 Å². The minimum Gasteiger partial charge on any atom is -0.461 e. The molecule has 0 radical (unpaired) electrons. The maximum Gasteiger partial charge on any atom is 0.335 e. The van der Waals surface area contributed by atoms with Crippen LogP contribution in [-0.2, 0) is 19.0 Å². The Morgan fingerprint density at radius 2 is 2.07 bits per heavy atom. The molecule has 1 saturated heterocycles. The van der Waals surface area contributed by atoms with Crippen LogP contribution in [0.2, 0.25) is 0 Å². The lowest BCUT2D eigenvalue weighted by molar-refractivity contribution is -0.168. The van der Waals surface area contributed by atoms with Crippen molar-refractivity contribution >= 4 is 23.0 Å². The van der Waals surface area contributed by atoms with Crippen LogP contribution in [-0.4, -0.2) is 85.5 Å². The van der Waals surface area contributed by atoms with Crippen molar-refractivity contribution in [2.75, 3.05) is 26.1 Å². The maximum atomic E-state index is 12.2. The zero-order valence-corrected chi connectivity index (χ0v) is 16.3. The molecule has 1 aliphatic heterocycles. The summed E-state index contributed by atoms with van der Waals surface area (Å²) in [7, 11) is 1.46. The Hall–Kier alpha value is -2.38. The van der Waals surface area contributed by atoms with Crippen molar-refractivity contribution in [1.29, 1.82) is 0 Å². The molecule has 0 spiro atoms. The van der Waals surface area contributed by atoms with Gasteiger partial charge in [-0.25, -0.2) is 19.7 Å². The summed E-state index contributed by atoms with van der Waals surface area (Å²) < 4.78 is 17.2. The second-order valence-corrected chi connectivity index (χ2v) is 7.58. The van der Waals surface area contributed by atoms with Crippen molar-refractivity contribution in [3.63, 3.8) is 0 Å². The third-order valence-electron chi connectivity index (χ3n) is 4.87. The number of fused-ring (bicyclic) bond motifs is 1. The Morgan fingerprint density at radius 1 is 1.34 bits per heavy atom. The normalized spacial score (nSPS) is 26.0. The zero-order chi connectivity index (χ0) is 21.3. The van der Waals surface area contributed by atoms with Gasteiger partial charge in [-0.2, -0.15) is 0 Å². The highest BCUT2D eigenvalue weighted by Crippen LogP contribution is 2.32. The topological polar surface area (TPSA) is 175 Å². The summed E-state index contributed by atoms with van der Waals surface area (Å²) in [5.74, 6) is -0.714. The van der Waals surface area contributed by atoms with E-state index in [0.717, 1.165) is 0 Å². The molecule has 5 N–H and O–H groups in total. The van der Waals surface area contributed by atoms with Crippen LogP contribution < -0.4 is 5.73 Å². The summed E-state index contributed by atoms with van der Waals surface area (Å²) >= 11 is 0. The van der Waals surface area contributed by atoms with Crippen molar-refractivity contribution < 1.29 is 34.3 Å². The van der Waals surface area contributed by atoms with Gasteiger partial charge in [0.2, 0.25) is 0 Å². The number of anilines is 1. The van der Waals surface area contributed by atoms with Crippen LogP contribution in [0.4, 0.5) is 5.82 Å². The number of ether oxygens (including phenoxy) is 3. The molecule has 1 aliphatic rings. The van der Waals surface area contributed by atoms with Crippen LogP contribution in [0.3, 0.4) is 0 Å². The van der Waals surface area contributed by atoms with E-state index in [0.29, 0.717) is 11.2 Å².